The summed E-state index contributed by atoms with van der Waals surface area (Å²) in [5, 5.41) is 0. The third-order valence-corrected chi connectivity index (χ3v) is 6.15. The van der Waals surface area contributed by atoms with Crippen molar-refractivity contribution in [2.24, 2.45) is 11.8 Å². The Kier molecular flexibility index (Phi) is 6.53. The Morgan fingerprint density at radius 2 is 1.92 bits per heavy atom. The van der Waals surface area contributed by atoms with E-state index in [2.05, 4.69) is 11.6 Å². The van der Waals surface area contributed by atoms with Crippen molar-refractivity contribution < 1.29 is 9.00 Å². The lowest BCUT2D eigenvalue weighted by molar-refractivity contribution is -0.126. The highest BCUT2D eigenvalue weighted by Gasteiger charge is 2.36. The summed E-state index contributed by atoms with van der Waals surface area (Å²) in [4.78, 5) is 12.5. The summed E-state index contributed by atoms with van der Waals surface area (Å²) in [5.41, 5.74) is 1.08. The highest BCUT2D eigenvalue weighted by Crippen LogP contribution is 2.31. The van der Waals surface area contributed by atoms with E-state index in [1.165, 1.54) is 0 Å². The zero-order valence-corrected chi connectivity index (χ0v) is 15.9. The van der Waals surface area contributed by atoms with Crippen LogP contribution < -0.4 is 4.72 Å². The van der Waals surface area contributed by atoms with Crippen LogP contribution in [0.4, 0.5) is 0 Å². The molecule has 3 nitrogen and oxygen atoms in total. The van der Waals surface area contributed by atoms with Gasteiger partial charge in [0.1, 0.15) is 5.78 Å². The number of benzene rings is 1. The summed E-state index contributed by atoms with van der Waals surface area (Å²) < 4.78 is 15.5. The molecule has 0 aliphatic heterocycles. The van der Waals surface area contributed by atoms with Gasteiger partial charge in [-0.2, -0.15) is 0 Å². The minimum Gasteiger partial charge on any atom is -0.299 e. The average molecular weight is 348 g/mol. The molecule has 1 aliphatic carbocycles. The van der Waals surface area contributed by atoms with Crippen LogP contribution in [0.15, 0.2) is 36.4 Å². The predicted octanol–water partition coefficient (Wildman–Crippen LogP) is 4.13. The van der Waals surface area contributed by atoms with Gasteiger partial charge in [-0.15, -0.1) is 0 Å². The Morgan fingerprint density at radius 3 is 2.50 bits per heavy atom. The number of ketones is 1. The molecule has 24 heavy (non-hydrogen) atoms. The Balaban J connectivity index is 2.25. The number of carbonyl (C=O) groups excluding carboxylic acids is 1. The number of hydrogen-bond donors (Lipinski definition) is 1. The van der Waals surface area contributed by atoms with Crippen LogP contribution in [0.3, 0.4) is 0 Å². The van der Waals surface area contributed by atoms with Crippen molar-refractivity contribution in [2.45, 2.75) is 57.7 Å². The van der Waals surface area contributed by atoms with Gasteiger partial charge in [0.25, 0.3) is 0 Å². The first-order valence-corrected chi connectivity index (χ1v) is 9.88. The van der Waals surface area contributed by atoms with E-state index in [9.17, 15) is 9.00 Å². The molecule has 1 fully saturated rings. The molecule has 0 bridgehead atoms. The van der Waals surface area contributed by atoms with Crippen LogP contribution in [0.1, 0.15) is 52.5 Å². The number of nitrogens with one attached hydrogen (secondary N) is 1. The van der Waals surface area contributed by atoms with Crippen LogP contribution in [0.25, 0.3) is 6.08 Å². The maximum absolute atomic E-state index is 12.6. The number of hydrogen-bond acceptors (Lipinski definition) is 2. The second-order valence-electron chi connectivity index (χ2n) is 7.66. The van der Waals surface area contributed by atoms with E-state index in [1.807, 2.05) is 63.3 Å². The van der Waals surface area contributed by atoms with Crippen LogP contribution in [0.2, 0.25) is 0 Å². The van der Waals surface area contributed by atoms with Crippen LogP contribution in [-0.2, 0) is 15.8 Å². The second kappa shape index (κ2) is 8.21. The molecule has 0 aromatic heterocycles. The summed E-state index contributed by atoms with van der Waals surface area (Å²) in [6.45, 7) is 7.97. The van der Waals surface area contributed by atoms with E-state index >= 15 is 0 Å². The Hall–Kier alpha value is -1.26. The normalized spacial score (nSPS) is 24.9. The zero-order chi connectivity index (χ0) is 17.7. The summed E-state index contributed by atoms with van der Waals surface area (Å²) in [6, 6.07) is 9.82. The lowest BCUT2D eigenvalue weighted by Gasteiger charge is -2.34. The highest BCUT2D eigenvalue weighted by molar-refractivity contribution is 7.84. The first kappa shape index (κ1) is 19.1. The molecule has 132 valence electrons. The molecule has 4 atom stereocenters. The fourth-order valence-corrected chi connectivity index (χ4v) is 3.95. The molecule has 1 aromatic carbocycles. The third-order valence-electron chi connectivity index (χ3n) is 4.55. The highest BCUT2D eigenvalue weighted by atomic mass is 32.2. The molecule has 2 rings (SSSR count). The summed E-state index contributed by atoms with van der Waals surface area (Å²) >= 11 is 0. The molecule has 1 N–H and O–H groups in total. The number of carbonyl (C=O) groups is 1. The molecular formula is C20H29NO2S. The number of rotatable bonds is 5. The maximum Gasteiger partial charge on any atom is 0.138 e. The Bertz CT molecular complexity index is 604. The lowest BCUT2D eigenvalue weighted by atomic mass is 9.75. The van der Waals surface area contributed by atoms with Crippen molar-refractivity contribution in [2.75, 3.05) is 0 Å². The number of Topliss-reactive ketones (excluding diaryl/α,β-unsaturated/α-hetero) is 1. The van der Waals surface area contributed by atoms with Crippen LogP contribution >= 0.6 is 0 Å². The van der Waals surface area contributed by atoms with E-state index in [0.29, 0.717) is 12.3 Å². The van der Waals surface area contributed by atoms with Gasteiger partial charge in [-0.25, -0.2) is 8.93 Å². The summed E-state index contributed by atoms with van der Waals surface area (Å²) in [5.74, 6) is 0.487. The molecular weight excluding hydrogens is 318 g/mol. The van der Waals surface area contributed by atoms with E-state index in [0.717, 1.165) is 18.4 Å². The quantitative estimate of drug-likeness (QED) is 0.870. The molecule has 0 radical (unpaired) electrons. The van der Waals surface area contributed by atoms with E-state index < -0.39 is 11.0 Å². The molecule has 1 aliphatic rings. The monoisotopic (exact) mass is 347 g/mol. The first-order valence-electron chi connectivity index (χ1n) is 8.73. The van der Waals surface area contributed by atoms with Crippen molar-refractivity contribution in [3.05, 3.63) is 42.0 Å². The van der Waals surface area contributed by atoms with Gasteiger partial charge in [0.15, 0.2) is 0 Å². The van der Waals surface area contributed by atoms with E-state index in [-0.39, 0.29) is 22.5 Å². The van der Waals surface area contributed by atoms with Gasteiger partial charge in [0.2, 0.25) is 0 Å². The molecule has 0 saturated heterocycles. The van der Waals surface area contributed by atoms with Gasteiger partial charge in [0, 0.05) is 18.4 Å². The summed E-state index contributed by atoms with van der Waals surface area (Å²) in [7, 11) is -1.21. The van der Waals surface area contributed by atoms with E-state index in [1.54, 1.807) is 0 Å². The standard InChI is InChI=1S/C20H29NO2S/c1-15-9-8-12-18(22)19(15)17(21-24(23)20(2,3)4)14-13-16-10-6-5-7-11-16/h5-7,10-11,13-15,17,19,21H,8-9,12H2,1-4H3/b14-13+/t15-,17+,19-,24?/m0/s1. The largest absolute Gasteiger partial charge is 0.299 e. The van der Waals surface area contributed by atoms with Gasteiger partial charge in [-0.1, -0.05) is 49.4 Å². The Morgan fingerprint density at radius 1 is 1.25 bits per heavy atom. The molecule has 1 unspecified atom stereocenters. The van der Waals surface area contributed by atoms with Crippen molar-refractivity contribution in [1.29, 1.82) is 0 Å². The van der Waals surface area contributed by atoms with Crippen molar-refractivity contribution >= 4 is 22.8 Å². The molecule has 4 heteroatoms. The van der Waals surface area contributed by atoms with Crippen LogP contribution in [0.5, 0.6) is 0 Å². The Labute approximate surface area is 148 Å². The molecule has 1 saturated carbocycles. The van der Waals surface area contributed by atoms with Gasteiger partial charge in [-0.05, 0) is 45.1 Å². The van der Waals surface area contributed by atoms with Gasteiger partial charge in [0.05, 0.1) is 15.7 Å². The molecule has 0 spiro atoms. The third kappa shape index (κ3) is 5.12. The second-order valence-corrected chi connectivity index (χ2v) is 9.65. The molecule has 1 aromatic rings. The SMILES string of the molecule is C[C@H]1CCCC(=O)[C@@H]1[C@@H](/C=C/c1ccccc1)NS(=O)C(C)(C)C. The zero-order valence-electron chi connectivity index (χ0n) is 15.1. The van der Waals surface area contributed by atoms with Crippen molar-refractivity contribution in [1.82, 2.24) is 4.72 Å². The smallest absolute Gasteiger partial charge is 0.138 e. The lowest BCUT2D eigenvalue weighted by Crippen LogP contribution is -2.47. The predicted molar refractivity (Wildman–Crippen MR) is 102 cm³/mol. The molecule has 0 heterocycles. The molecule has 0 amide bonds. The summed E-state index contributed by atoms with van der Waals surface area (Å²) in [6.07, 6.45) is 6.69. The van der Waals surface area contributed by atoms with Gasteiger partial charge < -0.3 is 0 Å². The van der Waals surface area contributed by atoms with Gasteiger partial charge >= 0.3 is 0 Å². The fraction of sp³-hybridized carbons (Fsp3) is 0.550. The van der Waals surface area contributed by atoms with Gasteiger partial charge in [-0.3, -0.25) is 4.79 Å². The van der Waals surface area contributed by atoms with Crippen LogP contribution in [0, 0.1) is 11.8 Å². The first-order chi connectivity index (χ1) is 11.3. The maximum atomic E-state index is 12.6. The van der Waals surface area contributed by atoms with Crippen molar-refractivity contribution in [3.8, 4) is 0 Å². The minimum atomic E-state index is -1.21. The topological polar surface area (TPSA) is 46.2 Å². The fourth-order valence-electron chi connectivity index (χ4n) is 3.13. The van der Waals surface area contributed by atoms with E-state index in [4.69, 9.17) is 0 Å². The van der Waals surface area contributed by atoms with Crippen molar-refractivity contribution in [3.63, 3.8) is 0 Å². The average Bonchev–Trinajstić information content (AvgIpc) is 2.52. The minimum absolute atomic E-state index is 0.106. The van der Waals surface area contributed by atoms with Crippen LogP contribution in [-0.4, -0.2) is 20.8 Å².